The second kappa shape index (κ2) is 5.34. The first-order chi connectivity index (χ1) is 8.18. The van der Waals surface area contributed by atoms with Crippen molar-refractivity contribution < 1.29 is 9.50 Å². The van der Waals surface area contributed by atoms with Crippen LogP contribution in [0, 0.1) is 5.82 Å². The van der Waals surface area contributed by atoms with Crippen LogP contribution in [0.25, 0.3) is 0 Å². The van der Waals surface area contributed by atoms with Gasteiger partial charge in [-0.15, -0.1) is 0 Å². The van der Waals surface area contributed by atoms with Crippen molar-refractivity contribution in [2.75, 3.05) is 0 Å². The maximum atomic E-state index is 13.1. The highest BCUT2D eigenvalue weighted by Gasteiger charge is 2.19. The summed E-state index contributed by atoms with van der Waals surface area (Å²) in [6.07, 6.45) is -0.823. The summed E-state index contributed by atoms with van der Waals surface area (Å²) in [7, 11) is 0. The van der Waals surface area contributed by atoms with Gasteiger partial charge in [0.1, 0.15) is 5.82 Å². The lowest BCUT2D eigenvalue weighted by atomic mass is 10.0. The molecule has 0 radical (unpaired) electrons. The first-order valence-corrected chi connectivity index (χ1v) is 5.86. The third-order valence-corrected chi connectivity index (χ3v) is 3.21. The van der Waals surface area contributed by atoms with E-state index in [2.05, 4.69) is 12.6 Å². The van der Waals surface area contributed by atoms with Crippen molar-refractivity contribution >= 4 is 12.6 Å². The zero-order valence-corrected chi connectivity index (χ0v) is 10.0. The number of aliphatic hydroxyl groups is 1. The minimum atomic E-state index is -0.823. The minimum absolute atomic E-state index is 0.352. The summed E-state index contributed by atoms with van der Waals surface area (Å²) in [6.45, 7) is 0. The molecule has 0 saturated carbocycles. The average Bonchev–Trinajstić information content (AvgIpc) is 2.38. The molecule has 0 aliphatic rings. The third-order valence-electron chi connectivity index (χ3n) is 2.63. The van der Waals surface area contributed by atoms with Crippen LogP contribution in [0.15, 0.2) is 54.6 Å². The summed E-state index contributed by atoms with van der Waals surface area (Å²) >= 11 is 4.39. The molecule has 0 aromatic heterocycles. The molecule has 0 aliphatic carbocycles. The Morgan fingerprint density at radius 1 is 0.941 bits per heavy atom. The molecular weight excluding hydrogens is 235 g/mol. The highest BCUT2D eigenvalue weighted by molar-refractivity contribution is 7.80. The van der Waals surface area contributed by atoms with Crippen molar-refractivity contribution in [2.45, 2.75) is 11.4 Å². The number of thiol groups is 1. The first kappa shape index (κ1) is 12.1. The second-order valence-corrected chi connectivity index (χ2v) is 4.41. The van der Waals surface area contributed by atoms with Crippen molar-refractivity contribution in [1.82, 2.24) is 0 Å². The molecule has 0 bridgehead atoms. The van der Waals surface area contributed by atoms with E-state index in [4.69, 9.17) is 0 Å². The summed E-state index contributed by atoms with van der Waals surface area (Å²) in [5, 5.41) is 9.76. The van der Waals surface area contributed by atoms with E-state index in [0.717, 1.165) is 5.56 Å². The minimum Gasteiger partial charge on any atom is -0.387 e. The molecule has 1 nitrogen and oxygen atoms in total. The fraction of sp³-hybridized carbons (Fsp3) is 0.143. The van der Waals surface area contributed by atoms with Gasteiger partial charge in [-0.3, -0.25) is 0 Å². The van der Waals surface area contributed by atoms with Crippen LogP contribution in [-0.4, -0.2) is 5.11 Å². The second-order valence-electron chi connectivity index (χ2n) is 3.86. The Morgan fingerprint density at radius 2 is 1.59 bits per heavy atom. The molecule has 0 heterocycles. The molecule has 17 heavy (non-hydrogen) atoms. The predicted octanol–water partition coefficient (Wildman–Crippen LogP) is 3.53. The molecule has 0 amide bonds. The van der Waals surface area contributed by atoms with Gasteiger partial charge in [0, 0.05) is 0 Å². The maximum absolute atomic E-state index is 13.1. The Morgan fingerprint density at radius 3 is 2.24 bits per heavy atom. The van der Waals surface area contributed by atoms with E-state index in [1.807, 2.05) is 30.3 Å². The number of rotatable bonds is 3. The average molecular weight is 248 g/mol. The van der Waals surface area contributed by atoms with Crippen LogP contribution in [0.4, 0.5) is 4.39 Å². The summed E-state index contributed by atoms with van der Waals surface area (Å²) in [4.78, 5) is 0. The molecule has 0 saturated heterocycles. The van der Waals surface area contributed by atoms with Crippen LogP contribution in [0.5, 0.6) is 0 Å². The van der Waals surface area contributed by atoms with E-state index < -0.39 is 6.10 Å². The van der Waals surface area contributed by atoms with E-state index in [9.17, 15) is 9.50 Å². The van der Waals surface area contributed by atoms with Crippen LogP contribution in [-0.2, 0) is 0 Å². The molecule has 3 heteroatoms. The predicted molar refractivity (Wildman–Crippen MR) is 69.5 cm³/mol. The summed E-state index contributed by atoms with van der Waals surface area (Å²) < 4.78 is 13.1. The summed E-state index contributed by atoms with van der Waals surface area (Å²) in [5.41, 5.74) is 1.45. The molecule has 0 aliphatic heterocycles. The molecule has 88 valence electrons. The highest BCUT2D eigenvalue weighted by Crippen LogP contribution is 2.33. The fourth-order valence-corrected chi connectivity index (χ4v) is 2.05. The molecule has 2 aromatic rings. The van der Waals surface area contributed by atoms with E-state index in [0.29, 0.717) is 5.56 Å². The summed E-state index contributed by atoms with van der Waals surface area (Å²) in [5.74, 6) is -0.352. The monoisotopic (exact) mass is 248 g/mol. The molecule has 2 aromatic carbocycles. The number of aliphatic hydroxyl groups excluding tert-OH is 1. The Hall–Kier alpha value is -1.32. The summed E-state index contributed by atoms with van der Waals surface area (Å²) in [6, 6.07) is 15.4. The van der Waals surface area contributed by atoms with Crippen LogP contribution in [0.3, 0.4) is 0 Å². The van der Waals surface area contributed by atoms with Gasteiger partial charge in [-0.25, -0.2) is 4.39 Å². The zero-order chi connectivity index (χ0) is 12.3. The van der Waals surface area contributed by atoms with Gasteiger partial charge in [0.2, 0.25) is 0 Å². The van der Waals surface area contributed by atoms with Gasteiger partial charge in [-0.1, -0.05) is 42.5 Å². The van der Waals surface area contributed by atoms with Gasteiger partial charge >= 0.3 is 0 Å². The normalized spacial score (nSPS) is 14.3. The van der Waals surface area contributed by atoms with Crippen molar-refractivity contribution in [3.8, 4) is 0 Å². The Bertz CT molecular complexity index is 487. The lowest BCUT2D eigenvalue weighted by Gasteiger charge is -2.18. The molecule has 1 N–H and O–H groups in total. The molecule has 0 spiro atoms. The lowest BCUT2D eigenvalue weighted by Crippen LogP contribution is -2.05. The van der Waals surface area contributed by atoms with Crippen molar-refractivity contribution in [2.24, 2.45) is 0 Å². The molecule has 2 rings (SSSR count). The molecular formula is C14H13FOS. The van der Waals surface area contributed by atoms with Crippen LogP contribution in [0.2, 0.25) is 0 Å². The van der Waals surface area contributed by atoms with E-state index in [1.54, 1.807) is 12.1 Å². The Kier molecular flexibility index (Phi) is 3.82. The first-order valence-electron chi connectivity index (χ1n) is 5.35. The van der Waals surface area contributed by atoms with E-state index in [1.165, 1.54) is 12.1 Å². The quantitative estimate of drug-likeness (QED) is 0.796. The maximum Gasteiger partial charge on any atom is 0.123 e. The van der Waals surface area contributed by atoms with Crippen LogP contribution < -0.4 is 0 Å². The van der Waals surface area contributed by atoms with Crippen molar-refractivity contribution in [3.63, 3.8) is 0 Å². The highest BCUT2D eigenvalue weighted by atomic mass is 32.1. The zero-order valence-electron chi connectivity index (χ0n) is 9.12. The van der Waals surface area contributed by atoms with Gasteiger partial charge < -0.3 is 5.11 Å². The number of halogens is 1. The smallest absolute Gasteiger partial charge is 0.123 e. The third kappa shape index (κ3) is 2.87. The van der Waals surface area contributed by atoms with Crippen LogP contribution in [0.1, 0.15) is 22.5 Å². The Labute approximate surface area is 105 Å². The van der Waals surface area contributed by atoms with Crippen molar-refractivity contribution in [3.05, 3.63) is 71.5 Å². The fourth-order valence-electron chi connectivity index (χ4n) is 1.71. The number of benzene rings is 2. The standard InChI is InChI=1S/C14H13FOS/c15-12-8-4-7-11(9-12)13(16)14(17)10-5-2-1-3-6-10/h1-9,13-14,16-17H/t13-,14-/m0/s1. The molecule has 2 atom stereocenters. The molecule has 0 fully saturated rings. The van der Waals surface area contributed by atoms with Gasteiger partial charge in [0.05, 0.1) is 11.4 Å². The van der Waals surface area contributed by atoms with E-state index >= 15 is 0 Å². The van der Waals surface area contributed by atoms with Crippen molar-refractivity contribution in [1.29, 1.82) is 0 Å². The topological polar surface area (TPSA) is 20.2 Å². The molecule has 0 unspecified atom stereocenters. The van der Waals surface area contributed by atoms with Gasteiger partial charge in [0.25, 0.3) is 0 Å². The SMILES string of the molecule is O[C@@H](c1cccc(F)c1)[C@@H](S)c1ccccc1. The van der Waals surface area contributed by atoms with Gasteiger partial charge in [-0.05, 0) is 23.3 Å². The lowest BCUT2D eigenvalue weighted by molar-refractivity contribution is 0.175. The van der Waals surface area contributed by atoms with Gasteiger partial charge in [-0.2, -0.15) is 12.6 Å². The Balaban J connectivity index is 2.23. The van der Waals surface area contributed by atoms with E-state index in [-0.39, 0.29) is 11.1 Å². The number of hydrogen-bond acceptors (Lipinski definition) is 2. The largest absolute Gasteiger partial charge is 0.387 e. The van der Waals surface area contributed by atoms with Gasteiger partial charge in [0.15, 0.2) is 0 Å². The number of hydrogen-bond donors (Lipinski definition) is 2. The van der Waals surface area contributed by atoms with Crippen LogP contribution >= 0.6 is 12.6 Å².